The Hall–Kier alpha value is -7.42. The Balaban J connectivity index is 1.01. The van der Waals surface area contributed by atoms with Gasteiger partial charge in [-0.1, -0.05) is 210 Å². The summed E-state index contributed by atoms with van der Waals surface area (Å²) in [7, 11) is 0. The van der Waals surface area contributed by atoms with E-state index >= 15 is 0 Å². The van der Waals surface area contributed by atoms with Crippen molar-refractivity contribution in [3.8, 4) is 78.4 Å². The van der Waals surface area contributed by atoms with Crippen molar-refractivity contribution in [2.75, 3.05) is 0 Å². The van der Waals surface area contributed by atoms with Crippen molar-refractivity contribution in [2.45, 2.75) is 38.5 Å². The van der Waals surface area contributed by atoms with E-state index in [2.05, 4.69) is 216 Å². The molecule has 0 saturated carbocycles. The standard InChI is InChI=1S/C60H44N2/c1-59(2)51-29-13-12-25-49(51)55-50(28-16-30-52(55)59)54-36-53(61-58(62-54)38-18-6-5-7-19-38)46-34-33-41(44-23-10-11-24-45(44)46)39-20-14-21-40(35-39)43-26-15-27-47-48-32-31-37-17-8-9-22-42(37)56(48)60(3,4)57(43)47/h5-36H,1-4H3. The molecule has 2 aliphatic rings. The lowest BCUT2D eigenvalue weighted by Gasteiger charge is -2.26. The minimum absolute atomic E-state index is 0.111. The van der Waals surface area contributed by atoms with Gasteiger partial charge in [0.25, 0.3) is 0 Å². The highest BCUT2D eigenvalue weighted by molar-refractivity contribution is 6.06. The number of nitrogens with zero attached hydrogens (tertiary/aromatic N) is 2. The number of fused-ring (bicyclic) bond motifs is 9. The number of hydrogen-bond acceptors (Lipinski definition) is 2. The second-order valence-corrected chi connectivity index (χ2v) is 18.1. The van der Waals surface area contributed by atoms with E-state index in [4.69, 9.17) is 9.97 Å². The van der Waals surface area contributed by atoms with E-state index in [0.29, 0.717) is 0 Å². The molecule has 0 atom stereocenters. The summed E-state index contributed by atoms with van der Waals surface area (Å²) < 4.78 is 0. The molecule has 294 valence electrons. The Bertz CT molecular complexity index is 3460. The maximum absolute atomic E-state index is 5.34. The first kappa shape index (κ1) is 36.4. The van der Waals surface area contributed by atoms with Crippen molar-refractivity contribution < 1.29 is 0 Å². The summed E-state index contributed by atoms with van der Waals surface area (Å²) in [6.45, 7) is 9.46. The van der Waals surface area contributed by atoms with Gasteiger partial charge in [0.15, 0.2) is 5.82 Å². The third-order valence-corrected chi connectivity index (χ3v) is 13.9. The predicted octanol–water partition coefficient (Wildman–Crippen LogP) is 15.7. The summed E-state index contributed by atoms with van der Waals surface area (Å²) >= 11 is 0. The van der Waals surface area contributed by atoms with Crippen LogP contribution in [0, 0.1) is 0 Å². The summed E-state index contributed by atoms with van der Waals surface area (Å²) in [6, 6.07) is 70.9. The van der Waals surface area contributed by atoms with Gasteiger partial charge in [0, 0.05) is 27.5 Å². The fraction of sp³-hybridized carbons (Fsp3) is 0.100. The Morgan fingerprint density at radius 1 is 0.323 bits per heavy atom. The van der Waals surface area contributed by atoms with Crippen LogP contribution in [-0.4, -0.2) is 9.97 Å². The van der Waals surface area contributed by atoms with Crippen molar-refractivity contribution in [1.29, 1.82) is 0 Å². The van der Waals surface area contributed by atoms with Crippen LogP contribution in [0.3, 0.4) is 0 Å². The van der Waals surface area contributed by atoms with E-state index in [-0.39, 0.29) is 10.8 Å². The molecule has 0 fully saturated rings. The quantitative estimate of drug-likeness (QED) is 0.173. The summed E-state index contributed by atoms with van der Waals surface area (Å²) in [5.41, 5.74) is 20.4. The average molecular weight is 793 g/mol. The molecular weight excluding hydrogens is 749 g/mol. The molecule has 12 rings (SSSR count). The zero-order chi connectivity index (χ0) is 41.7. The minimum Gasteiger partial charge on any atom is -0.228 e. The van der Waals surface area contributed by atoms with Crippen LogP contribution >= 0.6 is 0 Å². The van der Waals surface area contributed by atoms with Crippen LogP contribution in [0.25, 0.3) is 100.0 Å². The second-order valence-electron chi connectivity index (χ2n) is 18.1. The van der Waals surface area contributed by atoms with Crippen LogP contribution in [0.4, 0.5) is 0 Å². The van der Waals surface area contributed by atoms with Crippen LogP contribution in [0.1, 0.15) is 49.9 Å². The third-order valence-electron chi connectivity index (χ3n) is 13.9. The highest BCUT2D eigenvalue weighted by Crippen LogP contribution is 2.55. The predicted molar refractivity (Wildman–Crippen MR) is 259 cm³/mol. The molecule has 2 nitrogen and oxygen atoms in total. The summed E-state index contributed by atoms with van der Waals surface area (Å²) in [6.07, 6.45) is 0. The number of rotatable bonds is 5. The minimum atomic E-state index is -0.166. The fourth-order valence-electron chi connectivity index (χ4n) is 11.0. The van der Waals surface area contributed by atoms with E-state index in [9.17, 15) is 0 Å². The van der Waals surface area contributed by atoms with E-state index < -0.39 is 0 Å². The number of aromatic nitrogens is 2. The van der Waals surface area contributed by atoms with Crippen molar-refractivity contribution in [2.24, 2.45) is 0 Å². The highest BCUT2D eigenvalue weighted by atomic mass is 14.9. The number of benzene rings is 9. The zero-order valence-corrected chi connectivity index (χ0v) is 35.4. The van der Waals surface area contributed by atoms with Crippen LogP contribution in [0.15, 0.2) is 194 Å². The van der Waals surface area contributed by atoms with Gasteiger partial charge in [0.1, 0.15) is 0 Å². The Morgan fingerprint density at radius 2 is 0.855 bits per heavy atom. The van der Waals surface area contributed by atoms with Crippen molar-refractivity contribution >= 4 is 21.5 Å². The largest absolute Gasteiger partial charge is 0.228 e. The van der Waals surface area contributed by atoms with Gasteiger partial charge in [0.2, 0.25) is 0 Å². The van der Waals surface area contributed by atoms with E-state index in [1.165, 1.54) is 82.9 Å². The maximum Gasteiger partial charge on any atom is 0.160 e. The second kappa shape index (κ2) is 13.5. The van der Waals surface area contributed by atoms with Gasteiger partial charge < -0.3 is 0 Å². The van der Waals surface area contributed by atoms with E-state index in [0.717, 1.165) is 39.3 Å². The molecule has 0 aliphatic heterocycles. The van der Waals surface area contributed by atoms with Crippen LogP contribution in [-0.2, 0) is 10.8 Å². The first-order chi connectivity index (χ1) is 30.3. The summed E-state index contributed by atoms with van der Waals surface area (Å²) in [5.74, 6) is 0.718. The first-order valence-corrected chi connectivity index (χ1v) is 21.7. The van der Waals surface area contributed by atoms with Gasteiger partial charge in [-0.25, -0.2) is 9.97 Å². The molecule has 0 radical (unpaired) electrons. The molecule has 2 aliphatic carbocycles. The molecule has 62 heavy (non-hydrogen) atoms. The molecule has 0 N–H and O–H groups in total. The molecule has 0 bridgehead atoms. The molecule has 9 aromatic carbocycles. The summed E-state index contributed by atoms with van der Waals surface area (Å²) in [5, 5.41) is 4.98. The lowest BCUT2D eigenvalue weighted by molar-refractivity contribution is 0.660. The molecular formula is C60H44N2. The van der Waals surface area contributed by atoms with Gasteiger partial charge in [0.05, 0.1) is 11.4 Å². The van der Waals surface area contributed by atoms with Crippen LogP contribution < -0.4 is 0 Å². The monoisotopic (exact) mass is 792 g/mol. The smallest absolute Gasteiger partial charge is 0.160 e. The van der Waals surface area contributed by atoms with E-state index in [1.54, 1.807) is 0 Å². The molecule has 2 heteroatoms. The van der Waals surface area contributed by atoms with Crippen molar-refractivity contribution in [3.63, 3.8) is 0 Å². The molecule has 0 amide bonds. The van der Waals surface area contributed by atoms with Crippen LogP contribution in [0.2, 0.25) is 0 Å². The number of hydrogen-bond donors (Lipinski definition) is 0. The normalized spacial score (nSPS) is 14.1. The summed E-state index contributed by atoms with van der Waals surface area (Å²) in [4.78, 5) is 10.7. The lowest BCUT2D eigenvalue weighted by Crippen LogP contribution is -2.16. The first-order valence-electron chi connectivity index (χ1n) is 21.7. The van der Waals surface area contributed by atoms with Gasteiger partial charge in [-0.2, -0.15) is 0 Å². The fourth-order valence-corrected chi connectivity index (χ4v) is 11.0. The van der Waals surface area contributed by atoms with Gasteiger partial charge in [-0.05, 0) is 100 Å². The van der Waals surface area contributed by atoms with Crippen molar-refractivity contribution in [3.05, 3.63) is 216 Å². The Kier molecular flexibility index (Phi) is 7.96. The van der Waals surface area contributed by atoms with Gasteiger partial charge in [-0.15, -0.1) is 0 Å². The third kappa shape index (κ3) is 5.36. The SMILES string of the molecule is CC1(C)c2ccccc2-c2c(-c3cc(-c4ccc(-c5cccc(-c6cccc7c6C(C)(C)c6c-7ccc7ccccc67)c5)c5ccccc45)nc(-c4ccccc4)n3)cccc21. The van der Waals surface area contributed by atoms with Crippen LogP contribution in [0.5, 0.6) is 0 Å². The van der Waals surface area contributed by atoms with Gasteiger partial charge in [-0.3, -0.25) is 0 Å². The molecule has 1 aromatic heterocycles. The zero-order valence-electron chi connectivity index (χ0n) is 35.4. The Labute approximate surface area is 363 Å². The molecule has 1 heterocycles. The van der Waals surface area contributed by atoms with Crippen molar-refractivity contribution in [1.82, 2.24) is 9.97 Å². The Morgan fingerprint density at radius 3 is 1.68 bits per heavy atom. The average Bonchev–Trinajstić information content (AvgIpc) is 3.71. The highest BCUT2D eigenvalue weighted by Gasteiger charge is 2.39. The van der Waals surface area contributed by atoms with E-state index in [1.807, 2.05) is 6.07 Å². The molecule has 0 saturated heterocycles. The molecule has 0 unspecified atom stereocenters. The topological polar surface area (TPSA) is 25.8 Å². The molecule has 10 aromatic rings. The van der Waals surface area contributed by atoms with Gasteiger partial charge >= 0.3 is 0 Å². The molecule has 0 spiro atoms. The lowest BCUT2D eigenvalue weighted by atomic mass is 9.77. The maximum atomic E-state index is 5.34.